The fourth-order valence-electron chi connectivity index (χ4n) is 4.20. The Hall–Kier alpha value is -3.41. The summed E-state index contributed by atoms with van der Waals surface area (Å²) in [4.78, 5) is 12.8. The van der Waals surface area contributed by atoms with Crippen LogP contribution < -0.4 is 15.7 Å². The first-order chi connectivity index (χ1) is 15.5. The van der Waals surface area contributed by atoms with Crippen molar-refractivity contribution in [1.29, 1.82) is 0 Å². The molecule has 0 aliphatic rings. The van der Waals surface area contributed by atoms with Crippen molar-refractivity contribution in [3.63, 3.8) is 0 Å². The maximum absolute atomic E-state index is 12.8. The van der Waals surface area contributed by atoms with E-state index < -0.39 is 6.03 Å². The number of aryl methyl sites for hydroxylation is 1. The molecule has 4 aromatic carbocycles. The van der Waals surface area contributed by atoms with Gasteiger partial charge in [0, 0.05) is 44.8 Å². The van der Waals surface area contributed by atoms with Crippen LogP contribution in [0.15, 0.2) is 66.7 Å². The van der Waals surface area contributed by atoms with E-state index >= 15 is 0 Å². The van der Waals surface area contributed by atoms with Crippen LogP contribution in [0.4, 0.5) is 16.2 Å². The van der Waals surface area contributed by atoms with Crippen LogP contribution in [0.2, 0.25) is 10.0 Å². The van der Waals surface area contributed by atoms with Gasteiger partial charge in [0.1, 0.15) is 0 Å². The van der Waals surface area contributed by atoms with Crippen molar-refractivity contribution in [1.82, 2.24) is 4.57 Å². The van der Waals surface area contributed by atoms with Crippen LogP contribution in [0, 0.1) is 0 Å². The second-order valence-electron chi connectivity index (χ2n) is 7.50. The van der Waals surface area contributed by atoms with Crippen LogP contribution in [0.3, 0.4) is 0 Å². The highest BCUT2D eigenvalue weighted by atomic mass is 35.5. The van der Waals surface area contributed by atoms with Crippen LogP contribution in [-0.2, 0) is 6.54 Å². The van der Waals surface area contributed by atoms with Gasteiger partial charge in [-0.1, -0.05) is 59.6 Å². The zero-order chi connectivity index (χ0) is 22.4. The van der Waals surface area contributed by atoms with Gasteiger partial charge in [-0.15, -0.1) is 5.75 Å². The van der Waals surface area contributed by atoms with E-state index in [2.05, 4.69) is 34.3 Å². The molecular weight excluding hydrogens is 445 g/mol. The maximum Gasteiger partial charge on any atom is 0.323 e. The molecular formula is C25H18Cl2N3O2-. The summed E-state index contributed by atoms with van der Waals surface area (Å²) in [5.41, 5.74) is 3.24. The molecule has 1 aromatic heterocycles. The van der Waals surface area contributed by atoms with E-state index in [1.54, 1.807) is 12.1 Å². The Morgan fingerprint density at radius 1 is 0.844 bits per heavy atom. The Morgan fingerprint density at radius 3 is 2.44 bits per heavy atom. The Morgan fingerprint density at radius 2 is 1.62 bits per heavy atom. The third kappa shape index (κ3) is 3.40. The molecule has 0 saturated carbocycles. The molecule has 7 heteroatoms. The Bertz CT molecular complexity index is 1530. The minimum Gasteiger partial charge on any atom is -0.872 e. The fraction of sp³-hybridized carbons (Fsp3) is 0.0800. The Balaban J connectivity index is 1.50. The minimum absolute atomic E-state index is 0.197. The third-order valence-electron chi connectivity index (χ3n) is 5.59. The number of rotatable bonds is 3. The molecule has 0 saturated heterocycles. The number of carbonyl (C=O) groups excluding carboxylic acids is 1. The van der Waals surface area contributed by atoms with Crippen LogP contribution >= 0.6 is 23.2 Å². The smallest absolute Gasteiger partial charge is 0.323 e. The summed E-state index contributed by atoms with van der Waals surface area (Å²) in [7, 11) is 0. The average Bonchev–Trinajstić information content (AvgIpc) is 3.09. The molecule has 0 fully saturated rings. The molecule has 32 heavy (non-hydrogen) atoms. The van der Waals surface area contributed by atoms with Crippen LogP contribution in [0.25, 0.3) is 32.6 Å². The van der Waals surface area contributed by atoms with Crippen molar-refractivity contribution in [2.45, 2.75) is 13.5 Å². The molecule has 0 aliphatic heterocycles. The average molecular weight is 463 g/mol. The number of aromatic nitrogens is 1. The quantitative estimate of drug-likeness (QED) is 0.303. The van der Waals surface area contributed by atoms with E-state index in [1.165, 1.54) is 12.1 Å². The predicted octanol–water partition coefficient (Wildman–Crippen LogP) is 6.99. The topological polar surface area (TPSA) is 69.1 Å². The Labute approximate surface area is 194 Å². The molecule has 5 aromatic rings. The van der Waals surface area contributed by atoms with Gasteiger partial charge in [0.05, 0.1) is 15.7 Å². The number of urea groups is 1. The molecule has 0 bridgehead atoms. The Kier molecular flexibility index (Phi) is 5.08. The largest absolute Gasteiger partial charge is 0.872 e. The monoisotopic (exact) mass is 462 g/mol. The van der Waals surface area contributed by atoms with Crippen molar-refractivity contribution < 1.29 is 9.90 Å². The number of anilines is 2. The van der Waals surface area contributed by atoms with Gasteiger partial charge in [-0.3, -0.25) is 0 Å². The molecule has 5 nitrogen and oxygen atoms in total. The molecule has 2 amide bonds. The predicted molar refractivity (Wildman–Crippen MR) is 131 cm³/mol. The maximum atomic E-state index is 12.8. The summed E-state index contributed by atoms with van der Waals surface area (Å²) in [5.74, 6) is -0.197. The van der Waals surface area contributed by atoms with Crippen molar-refractivity contribution in [2.24, 2.45) is 0 Å². The van der Waals surface area contributed by atoms with Crippen molar-refractivity contribution in [3.8, 4) is 5.75 Å². The second-order valence-corrected chi connectivity index (χ2v) is 8.31. The van der Waals surface area contributed by atoms with E-state index in [9.17, 15) is 9.90 Å². The first-order valence-electron chi connectivity index (χ1n) is 10.1. The van der Waals surface area contributed by atoms with Gasteiger partial charge >= 0.3 is 6.03 Å². The van der Waals surface area contributed by atoms with Gasteiger partial charge in [-0.25, -0.2) is 4.79 Å². The van der Waals surface area contributed by atoms with E-state index in [4.69, 9.17) is 23.2 Å². The number of benzene rings is 4. The van der Waals surface area contributed by atoms with Crippen molar-refractivity contribution in [3.05, 3.63) is 76.8 Å². The number of hydrogen-bond donors (Lipinski definition) is 2. The van der Waals surface area contributed by atoms with Gasteiger partial charge in [0.15, 0.2) is 0 Å². The number of hydrogen-bond acceptors (Lipinski definition) is 2. The summed E-state index contributed by atoms with van der Waals surface area (Å²) >= 11 is 12.6. The molecule has 0 atom stereocenters. The molecule has 5 rings (SSSR count). The van der Waals surface area contributed by atoms with Gasteiger partial charge in [0.2, 0.25) is 0 Å². The number of para-hydroxylation sites is 1. The number of amides is 2. The lowest BCUT2D eigenvalue weighted by molar-refractivity contribution is -0.268. The molecule has 1 heterocycles. The first kappa shape index (κ1) is 20.5. The lowest BCUT2D eigenvalue weighted by Gasteiger charge is -2.15. The van der Waals surface area contributed by atoms with Gasteiger partial charge in [-0.05, 0) is 37.3 Å². The van der Waals surface area contributed by atoms with Crippen LogP contribution in [0.5, 0.6) is 5.75 Å². The first-order valence-corrected chi connectivity index (χ1v) is 10.9. The zero-order valence-corrected chi connectivity index (χ0v) is 18.6. The van der Waals surface area contributed by atoms with Crippen LogP contribution in [-0.4, -0.2) is 10.6 Å². The number of nitrogens with one attached hydrogen (secondary N) is 2. The highest BCUT2D eigenvalue weighted by Gasteiger charge is 2.14. The minimum atomic E-state index is -0.467. The lowest BCUT2D eigenvalue weighted by Crippen LogP contribution is -2.19. The van der Waals surface area contributed by atoms with E-state index in [0.29, 0.717) is 27.2 Å². The standard InChI is InChI=1S/C25H19Cl2N3O2/c1-2-30-22-6-4-3-5-17(22)18-11-14(7-10-23(18)30)28-25(32)29-24-19-12-15(31)8-9-16(19)20(26)13-21(24)27/h3-13,31H,2H2,1H3,(H2,28,29,32)/p-1. The highest BCUT2D eigenvalue weighted by Crippen LogP contribution is 2.38. The molecule has 0 aliphatic carbocycles. The normalized spacial score (nSPS) is 11.3. The number of carbonyl (C=O) groups is 1. The summed E-state index contributed by atoms with van der Waals surface area (Å²) < 4.78 is 2.24. The van der Waals surface area contributed by atoms with Crippen molar-refractivity contribution in [2.75, 3.05) is 10.6 Å². The summed E-state index contributed by atoms with van der Waals surface area (Å²) in [6, 6.07) is 19.6. The molecule has 0 radical (unpaired) electrons. The summed E-state index contributed by atoms with van der Waals surface area (Å²) in [6.45, 7) is 2.96. The van der Waals surface area contributed by atoms with Gasteiger partial charge in [-0.2, -0.15) is 0 Å². The number of halogens is 2. The molecule has 160 valence electrons. The lowest BCUT2D eigenvalue weighted by atomic mass is 10.1. The van der Waals surface area contributed by atoms with E-state index in [1.807, 2.05) is 30.3 Å². The fourth-order valence-corrected chi connectivity index (χ4v) is 4.79. The summed E-state index contributed by atoms with van der Waals surface area (Å²) in [5, 5.41) is 21.5. The molecule has 2 N–H and O–H groups in total. The van der Waals surface area contributed by atoms with Gasteiger partial charge < -0.3 is 20.3 Å². The van der Waals surface area contributed by atoms with E-state index in [0.717, 1.165) is 28.4 Å². The molecule has 0 spiro atoms. The van der Waals surface area contributed by atoms with Gasteiger partial charge in [0.25, 0.3) is 0 Å². The van der Waals surface area contributed by atoms with Crippen LogP contribution in [0.1, 0.15) is 6.92 Å². The van der Waals surface area contributed by atoms with E-state index in [-0.39, 0.29) is 10.8 Å². The molecule has 0 unspecified atom stereocenters. The number of fused-ring (bicyclic) bond motifs is 4. The summed E-state index contributed by atoms with van der Waals surface area (Å²) in [6.07, 6.45) is 0. The number of nitrogens with zero attached hydrogens (tertiary/aromatic N) is 1. The SMILES string of the molecule is CCn1c2ccccc2c2cc(NC(=O)Nc3c(Cl)cc(Cl)c4ccc([O-])cc34)ccc21. The third-order valence-corrected chi connectivity index (χ3v) is 6.21. The highest BCUT2D eigenvalue weighted by molar-refractivity contribution is 6.41. The second kappa shape index (κ2) is 7.93. The van der Waals surface area contributed by atoms with Crippen molar-refractivity contribution >= 4 is 73.2 Å². The zero-order valence-electron chi connectivity index (χ0n) is 17.1.